The van der Waals surface area contributed by atoms with Crippen LogP contribution in [0, 0.1) is 0 Å². The van der Waals surface area contributed by atoms with Crippen molar-refractivity contribution in [1.82, 2.24) is 5.32 Å². The average molecular weight is 1120 g/mol. The average Bonchev–Trinajstić information content (AvgIpc) is 3.41. The zero-order valence-corrected chi connectivity index (χ0v) is 53.0. The number of phosphoric ester groups is 1. The monoisotopic (exact) mass is 1120 g/mol. The molecule has 0 aromatic heterocycles. The Kier molecular flexibility index (Phi) is 55.9. The van der Waals surface area contributed by atoms with E-state index >= 15 is 0 Å². The Labute approximate surface area is 488 Å². The molecule has 79 heavy (non-hydrogen) atoms. The first-order chi connectivity index (χ1) is 38.4. The fourth-order valence-corrected chi connectivity index (χ4v) is 9.73. The molecule has 2 N–H and O–H groups in total. The summed E-state index contributed by atoms with van der Waals surface area (Å²) in [5, 5.41) is 3.05. The second-order valence-corrected chi connectivity index (χ2v) is 24.4. The lowest BCUT2D eigenvalue weighted by Crippen LogP contribution is -2.47. The van der Waals surface area contributed by atoms with Gasteiger partial charge in [0.1, 0.15) is 19.3 Å². The van der Waals surface area contributed by atoms with Gasteiger partial charge in [-0.3, -0.25) is 18.6 Å². The largest absolute Gasteiger partial charge is 0.472 e. The molecule has 0 radical (unpaired) electrons. The summed E-state index contributed by atoms with van der Waals surface area (Å²) in [5.74, 6) is -0.530. The van der Waals surface area contributed by atoms with Crippen molar-refractivity contribution >= 4 is 19.7 Å². The number of allylic oxidation sites excluding steroid dienone is 15. The van der Waals surface area contributed by atoms with Crippen molar-refractivity contribution in [3.8, 4) is 0 Å². The van der Waals surface area contributed by atoms with Crippen molar-refractivity contribution < 1.29 is 37.3 Å². The van der Waals surface area contributed by atoms with Gasteiger partial charge in [-0.1, -0.05) is 253 Å². The van der Waals surface area contributed by atoms with Crippen molar-refractivity contribution in [3.63, 3.8) is 0 Å². The summed E-state index contributed by atoms with van der Waals surface area (Å²) < 4.78 is 30.7. The lowest BCUT2D eigenvalue weighted by molar-refractivity contribution is -0.870. The first-order valence-electron chi connectivity index (χ1n) is 32.6. The molecule has 0 fully saturated rings. The molecule has 9 nitrogen and oxygen atoms in total. The standard InChI is InChI=1S/C69H123N2O7P/c1-7-10-13-16-19-22-25-27-29-31-33-35-37-39-41-43-46-49-52-55-58-61-68(72)70-66(65-77-79(74,75)76-64-63-71(4,5)6)67(60-57-54-51-48-45-24-21-18-15-12-9-3)78-69(73)62-59-56-53-50-47-44-42-40-38-36-34-32-30-28-26-23-20-17-14-11-8-2/h10,13,19-20,22-23,27-30,33,35,39,41,57,60,66-67H,7-9,11-12,14-18,21,24-26,31-32,34,36-38,40,42-56,58-59,61-65H2,1-6H3,(H-,70,72,74,75)/p+1/b13-10-,22-19-,23-20-,29-27-,30-28-,35-33-,41-39-,60-57+. The van der Waals surface area contributed by atoms with Gasteiger partial charge in [-0.2, -0.15) is 0 Å². The highest BCUT2D eigenvalue weighted by atomic mass is 31.2. The van der Waals surface area contributed by atoms with Crippen molar-refractivity contribution in [2.75, 3.05) is 40.9 Å². The Hall–Kier alpha value is -3.07. The lowest BCUT2D eigenvalue weighted by Gasteiger charge is -2.27. The molecule has 0 aromatic carbocycles. The zero-order chi connectivity index (χ0) is 57.9. The molecular formula is C69H124N2O7P+. The first kappa shape index (κ1) is 75.9. The maximum absolute atomic E-state index is 13.6. The van der Waals surface area contributed by atoms with Crippen LogP contribution in [0.4, 0.5) is 0 Å². The Morgan fingerprint density at radius 2 is 0.810 bits per heavy atom. The number of phosphoric acid groups is 1. The van der Waals surface area contributed by atoms with Crippen LogP contribution < -0.4 is 5.32 Å². The van der Waals surface area contributed by atoms with Crippen LogP contribution in [0.25, 0.3) is 0 Å². The van der Waals surface area contributed by atoms with Gasteiger partial charge in [-0.25, -0.2) is 4.57 Å². The number of carbonyl (C=O) groups is 2. The number of nitrogens with one attached hydrogen (secondary N) is 1. The molecule has 0 heterocycles. The van der Waals surface area contributed by atoms with E-state index in [-0.39, 0.29) is 31.5 Å². The number of quaternary nitrogens is 1. The molecule has 3 unspecified atom stereocenters. The van der Waals surface area contributed by atoms with Crippen LogP contribution >= 0.6 is 7.82 Å². The van der Waals surface area contributed by atoms with Crippen molar-refractivity contribution in [2.24, 2.45) is 0 Å². The molecule has 0 saturated heterocycles. The van der Waals surface area contributed by atoms with Gasteiger partial charge < -0.3 is 19.4 Å². The summed E-state index contributed by atoms with van der Waals surface area (Å²) in [7, 11) is 1.47. The third kappa shape index (κ3) is 59.4. The molecule has 0 bridgehead atoms. The van der Waals surface area contributed by atoms with Gasteiger partial charge >= 0.3 is 13.8 Å². The summed E-state index contributed by atoms with van der Waals surface area (Å²) in [6.45, 7) is 6.86. The summed E-state index contributed by atoms with van der Waals surface area (Å²) >= 11 is 0. The summed E-state index contributed by atoms with van der Waals surface area (Å²) in [5.41, 5.74) is 0. The highest BCUT2D eigenvalue weighted by Gasteiger charge is 2.30. The Morgan fingerprint density at radius 3 is 1.24 bits per heavy atom. The van der Waals surface area contributed by atoms with Crippen molar-refractivity contribution in [1.29, 1.82) is 0 Å². The molecule has 10 heteroatoms. The van der Waals surface area contributed by atoms with Crippen LogP contribution in [0.15, 0.2) is 97.2 Å². The van der Waals surface area contributed by atoms with E-state index < -0.39 is 20.0 Å². The molecule has 0 spiro atoms. The molecule has 0 saturated carbocycles. The first-order valence-corrected chi connectivity index (χ1v) is 34.1. The summed E-state index contributed by atoms with van der Waals surface area (Å²) in [4.78, 5) is 37.8. The third-order valence-corrected chi connectivity index (χ3v) is 15.0. The molecule has 456 valence electrons. The number of unbranched alkanes of at least 4 members (excludes halogenated alkanes) is 28. The maximum atomic E-state index is 13.6. The highest BCUT2D eigenvalue weighted by Crippen LogP contribution is 2.43. The van der Waals surface area contributed by atoms with E-state index in [1.807, 2.05) is 33.3 Å². The minimum Gasteiger partial charge on any atom is -0.456 e. The number of carbonyl (C=O) groups excluding carboxylic acids is 2. The molecule has 3 atom stereocenters. The molecule has 0 aliphatic carbocycles. The van der Waals surface area contributed by atoms with Gasteiger partial charge in [-0.15, -0.1) is 0 Å². The smallest absolute Gasteiger partial charge is 0.456 e. The number of hydrogen-bond acceptors (Lipinski definition) is 6. The molecule has 0 rings (SSSR count). The Morgan fingerprint density at radius 1 is 0.456 bits per heavy atom. The number of nitrogens with zero attached hydrogens (tertiary/aromatic N) is 1. The highest BCUT2D eigenvalue weighted by molar-refractivity contribution is 7.47. The topological polar surface area (TPSA) is 111 Å². The van der Waals surface area contributed by atoms with Gasteiger partial charge in [-0.05, 0) is 109 Å². The number of hydrogen-bond donors (Lipinski definition) is 2. The van der Waals surface area contributed by atoms with Gasteiger partial charge in [0.2, 0.25) is 5.91 Å². The van der Waals surface area contributed by atoms with Crippen LogP contribution in [0.1, 0.15) is 278 Å². The van der Waals surface area contributed by atoms with Crippen LogP contribution in [-0.2, 0) is 27.9 Å². The number of rotatable bonds is 58. The van der Waals surface area contributed by atoms with Crippen LogP contribution in [0.5, 0.6) is 0 Å². The number of esters is 1. The van der Waals surface area contributed by atoms with Gasteiger partial charge in [0.25, 0.3) is 0 Å². The number of amides is 1. The van der Waals surface area contributed by atoms with Crippen LogP contribution in [0.2, 0.25) is 0 Å². The van der Waals surface area contributed by atoms with Crippen molar-refractivity contribution in [3.05, 3.63) is 97.2 Å². The number of ether oxygens (including phenoxy) is 1. The fraction of sp³-hybridized carbons (Fsp3) is 0.739. The Balaban J connectivity index is 5.19. The second kappa shape index (κ2) is 58.1. The van der Waals surface area contributed by atoms with E-state index in [2.05, 4.69) is 111 Å². The van der Waals surface area contributed by atoms with Crippen molar-refractivity contribution in [2.45, 2.75) is 290 Å². The van der Waals surface area contributed by atoms with Gasteiger partial charge in [0, 0.05) is 12.8 Å². The van der Waals surface area contributed by atoms with Crippen LogP contribution in [0.3, 0.4) is 0 Å². The minimum atomic E-state index is -4.46. The van der Waals surface area contributed by atoms with E-state index in [0.29, 0.717) is 17.4 Å². The number of likely N-dealkylation sites (N-methyl/N-ethyl adjacent to an activating group) is 1. The van der Waals surface area contributed by atoms with E-state index in [0.717, 1.165) is 116 Å². The van der Waals surface area contributed by atoms with Gasteiger partial charge in [0.05, 0.1) is 33.8 Å². The minimum absolute atomic E-state index is 0.0317. The SMILES string of the molecule is CC/C=C\C/C=C\C/C=C\C/C=C\C/C=C\CCCCCCCC(=O)NC(COP(=O)(O)OCC[N+](C)(C)C)C(/C=C/CCCCCCCCCCC)OC(=O)CCCCCCCCCCCCC/C=C\C/C=C\CCCCC. The maximum Gasteiger partial charge on any atom is 0.472 e. The van der Waals surface area contributed by atoms with E-state index in [1.54, 1.807) is 0 Å². The van der Waals surface area contributed by atoms with E-state index in [9.17, 15) is 19.0 Å². The molecule has 1 amide bonds. The summed E-state index contributed by atoms with van der Waals surface area (Å²) in [6, 6.07) is -0.865. The summed E-state index contributed by atoms with van der Waals surface area (Å²) in [6.07, 6.45) is 78.3. The second-order valence-electron chi connectivity index (χ2n) is 22.9. The fourth-order valence-electron chi connectivity index (χ4n) is 9.00. The molecule has 0 aliphatic heterocycles. The predicted octanol–water partition coefficient (Wildman–Crippen LogP) is 20.3. The van der Waals surface area contributed by atoms with E-state index in [1.165, 1.54) is 128 Å². The van der Waals surface area contributed by atoms with E-state index in [4.69, 9.17) is 13.8 Å². The van der Waals surface area contributed by atoms with Crippen LogP contribution in [-0.4, -0.2) is 74.3 Å². The molecule has 0 aromatic rings. The van der Waals surface area contributed by atoms with Gasteiger partial charge in [0.15, 0.2) is 0 Å². The normalized spacial score (nSPS) is 14.3. The third-order valence-electron chi connectivity index (χ3n) is 14.0. The predicted molar refractivity (Wildman–Crippen MR) is 341 cm³/mol. The Bertz CT molecular complexity index is 1670. The lowest BCUT2D eigenvalue weighted by atomic mass is 10.0. The molecular weight excluding hydrogens is 1000 g/mol. The quantitative estimate of drug-likeness (QED) is 0.0205. The zero-order valence-electron chi connectivity index (χ0n) is 52.1. The molecule has 0 aliphatic rings.